The molecule has 0 unspecified atom stereocenters. The first-order valence-electron chi connectivity index (χ1n) is 11.9. The Morgan fingerprint density at radius 3 is 2.46 bits per heavy atom. The highest BCUT2D eigenvalue weighted by atomic mass is 19.1. The maximum absolute atomic E-state index is 13.5. The number of nitrogens with one attached hydrogen (secondary N) is 1. The number of hydrogen-bond donors (Lipinski definition) is 1. The predicted molar refractivity (Wildman–Crippen MR) is 144 cm³/mol. The molecule has 0 spiro atoms. The molecule has 1 aliphatic rings. The fraction of sp³-hybridized carbons (Fsp3) is 0.0968. The van der Waals surface area contributed by atoms with Gasteiger partial charge in [-0.25, -0.2) is 8.78 Å². The van der Waals surface area contributed by atoms with E-state index in [1.807, 2.05) is 55.6 Å². The lowest BCUT2D eigenvalue weighted by Crippen LogP contribution is -2.12. The molecule has 0 bridgehead atoms. The van der Waals surface area contributed by atoms with E-state index >= 15 is 0 Å². The number of aromatic nitrogens is 1. The molecule has 1 aliphatic heterocycles. The number of pyridine rings is 1. The molecule has 1 aromatic heterocycles. The standard InChI is InChI=1S/C31H25F2N3O/c1-20-29(21(2)36-18-22-14-26(32)16-27(33)15-22)4-3-5-31(20)37-28-11-13-35-30(17-28)24-8-6-23(7-9-24)25-10-12-34-19-25/h3-11,13-17,19,36H,2,12,18H2,1H3. The molecule has 0 saturated carbocycles. The first-order chi connectivity index (χ1) is 18.0. The number of rotatable bonds is 8. The van der Waals surface area contributed by atoms with E-state index in [9.17, 15) is 8.78 Å². The van der Waals surface area contributed by atoms with Gasteiger partial charge in [-0.2, -0.15) is 0 Å². The molecule has 1 N–H and O–H groups in total. The van der Waals surface area contributed by atoms with E-state index in [0.717, 1.165) is 46.1 Å². The molecule has 0 radical (unpaired) electrons. The molecule has 37 heavy (non-hydrogen) atoms. The third-order valence-electron chi connectivity index (χ3n) is 6.16. The van der Waals surface area contributed by atoms with Gasteiger partial charge in [0, 0.05) is 53.5 Å². The highest BCUT2D eigenvalue weighted by molar-refractivity contribution is 6.11. The monoisotopic (exact) mass is 493 g/mol. The van der Waals surface area contributed by atoms with Crippen LogP contribution < -0.4 is 10.1 Å². The van der Waals surface area contributed by atoms with Gasteiger partial charge in [-0.05, 0) is 47.9 Å². The molecular formula is C31H25F2N3O. The Morgan fingerprint density at radius 1 is 0.973 bits per heavy atom. The molecular weight excluding hydrogens is 468 g/mol. The summed E-state index contributed by atoms with van der Waals surface area (Å²) in [5.74, 6) is 0.121. The summed E-state index contributed by atoms with van der Waals surface area (Å²) in [6.45, 7) is 7.03. The molecule has 2 heterocycles. The highest BCUT2D eigenvalue weighted by Gasteiger charge is 2.11. The van der Waals surface area contributed by atoms with Crippen LogP contribution in [0, 0.1) is 18.6 Å². The Balaban J connectivity index is 1.30. The summed E-state index contributed by atoms with van der Waals surface area (Å²) < 4.78 is 33.2. The highest BCUT2D eigenvalue weighted by Crippen LogP contribution is 2.31. The van der Waals surface area contributed by atoms with Crippen molar-refractivity contribution in [3.05, 3.63) is 126 Å². The Hall–Kier alpha value is -4.58. The molecule has 0 amide bonds. The SMILES string of the molecule is C=C(NCc1cc(F)cc(F)c1)c1cccc(Oc2ccnc(-c3ccc(C4=CCN=C4)cc3)c2)c1C. The van der Waals surface area contributed by atoms with Crippen molar-refractivity contribution in [2.24, 2.45) is 4.99 Å². The van der Waals surface area contributed by atoms with Crippen molar-refractivity contribution in [2.75, 3.05) is 6.54 Å². The maximum atomic E-state index is 13.5. The Kier molecular flexibility index (Phi) is 6.90. The first kappa shape index (κ1) is 24.1. The second-order valence-corrected chi connectivity index (χ2v) is 8.75. The van der Waals surface area contributed by atoms with Crippen molar-refractivity contribution in [2.45, 2.75) is 13.5 Å². The van der Waals surface area contributed by atoms with Gasteiger partial charge in [0.05, 0.1) is 12.2 Å². The van der Waals surface area contributed by atoms with E-state index < -0.39 is 11.6 Å². The maximum Gasteiger partial charge on any atom is 0.131 e. The van der Waals surface area contributed by atoms with Crippen molar-refractivity contribution in [3.63, 3.8) is 0 Å². The van der Waals surface area contributed by atoms with Gasteiger partial charge in [0.25, 0.3) is 0 Å². The second kappa shape index (κ2) is 10.6. The summed E-state index contributed by atoms with van der Waals surface area (Å²) in [5.41, 5.74) is 6.91. The van der Waals surface area contributed by atoms with Crippen molar-refractivity contribution in [1.82, 2.24) is 10.3 Å². The largest absolute Gasteiger partial charge is 0.457 e. The van der Waals surface area contributed by atoms with Gasteiger partial charge in [0.2, 0.25) is 0 Å². The number of halogens is 2. The Morgan fingerprint density at radius 2 is 1.73 bits per heavy atom. The van der Waals surface area contributed by atoms with Gasteiger partial charge in [-0.3, -0.25) is 9.98 Å². The number of aliphatic imine (C=N–C) groups is 1. The third-order valence-corrected chi connectivity index (χ3v) is 6.16. The van der Waals surface area contributed by atoms with E-state index in [0.29, 0.717) is 22.8 Å². The summed E-state index contributed by atoms with van der Waals surface area (Å²) in [6.07, 6.45) is 5.72. The molecule has 3 aromatic carbocycles. The molecule has 4 aromatic rings. The van der Waals surface area contributed by atoms with Gasteiger partial charge >= 0.3 is 0 Å². The summed E-state index contributed by atoms with van der Waals surface area (Å²) in [4.78, 5) is 8.76. The van der Waals surface area contributed by atoms with Crippen molar-refractivity contribution in [1.29, 1.82) is 0 Å². The van der Waals surface area contributed by atoms with Crippen LogP contribution in [0.4, 0.5) is 8.78 Å². The zero-order valence-corrected chi connectivity index (χ0v) is 20.3. The number of allylic oxidation sites excluding steroid dienone is 1. The van der Waals surface area contributed by atoms with Crippen LogP contribution in [0.15, 0.2) is 96.6 Å². The normalized spacial score (nSPS) is 12.4. The van der Waals surface area contributed by atoms with Crippen LogP contribution in [0.5, 0.6) is 11.5 Å². The van der Waals surface area contributed by atoms with Crippen molar-refractivity contribution >= 4 is 17.5 Å². The molecule has 184 valence electrons. The molecule has 5 rings (SSSR count). The zero-order valence-electron chi connectivity index (χ0n) is 20.3. The first-order valence-corrected chi connectivity index (χ1v) is 11.9. The average Bonchev–Trinajstić information content (AvgIpc) is 3.43. The average molecular weight is 494 g/mol. The minimum Gasteiger partial charge on any atom is -0.457 e. The van der Waals surface area contributed by atoms with Gasteiger partial charge < -0.3 is 10.1 Å². The Bertz CT molecular complexity index is 1500. The smallest absolute Gasteiger partial charge is 0.131 e. The molecule has 6 heteroatoms. The number of hydrogen-bond acceptors (Lipinski definition) is 4. The van der Waals surface area contributed by atoms with Crippen LogP contribution >= 0.6 is 0 Å². The number of nitrogens with zero attached hydrogens (tertiary/aromatic N) is 2. The third kappa shape index (κ3) is 5.64. The lowest BCUT2D eigenvalue weighted by molar-refractivity contribution is 0.478. The fourth-order valence-electron chi connectivity index (χ4n) is 4.21. The Labute approximate surface area is 214 Å². The van der Waals surface area contributed by atoms with Gasteiger partial charge in [-0.15, -0.1) is 0 Å². The quantitative estimate of drug-likeness (QED) is 0.279. The van der Waals surface area contributed by atoms with E-state index in [4.69, 9.17) is 4.74 Å². The fourth-order valence-corrected chi connectivity index (χ4v) is 4.21. The molecule has 0 fully saturated rings. The lowest BCUT2D eigenvalue weighted by atomic mass is 10.0. The molecule has 0 atom stereocenters. The molecule has 0 aliphatic carbocycles. The van der Waals surface area contributed by atoms with Crippen LogP contribution in [0.1, 0.15) is 22.3 Å². The number of benzene rings is 3. The molecule has 4 nitrogen and oxygen atoms in total. The summed E-state index contributed by atoms with van der Waals surface area (Å²) in [7, 11) is 0. The zero-order chi connectivity index (χ0) is 25.8. The van der Waals surface area contributed by atoms with Gasteiger partial charge in [0.1, 0.15) is 23.1 Å². The second-order valence-electron chi connectivity index (χ2n) is 8.75. The van der Waals surface area contributed by atoms with Crippen LogP contribution in [0.3, 0.4) is 0 Å². The summed E-state index contributed by atoms with van der Waals surface area (Å²) in [5, 5.41) is 3.15. The van der Waals surface area contributed by atoms with E-state index in [1.54, 1.807) is 6.20 Å². The number of ether oxygens (including phenoxy) is 1. The van der Waals surface area contributed by atoms with Crippen LogP contribution in [0.25, 0.3) is 22.5 Å². The molecule has 0 saturated heterocycles. The van der Waals surface area contributed by atoms with E-state index in [2.05, 4.69) is 40.1 Å². The van der Waals surface area contributed by atoms with Gasteiger partial charge in [-0.1, -0.05) is 49.1 Å². The minimum absolute atomic E-state index is 0.245. The van der Waals surface area contributed by atoms with Crippen LogP contribution in [0.2, 0.25) is 0 Å². The predicted octanol–water partition coefficient (Wildman–Crippen LogP) is 7.36. The van der Waals surface area contributed by atoms with Crippen molar-refractivity contribution in [3.8, 4) is 22.8 Å². The summed E-state index contributed by atoms with van der Waals surface area (Å²) in [6, 6.07) is 21.1. The van der Waals surface area contributed by atoms with Gasteiger partial charge in [0.15, 0.2) is 0 Å². The minimum atomic E-state index is -0.609. The topological polar surface area (TPSA) is 46.5 Å². The van der Waals surface area contributed by atoms with Crippen LogP contribution in [-0.2, 0) is 6.54 Å². The lowest BCUT2D eigenvalue weighted by Gasteiger charge is -2.16. The van der Waals surface area contributed by atoms with Crippen molar-refractivity contribution < 1.29 is 13.5 Å². The van der Waals surface area contributed by atoms with E-state index in [-0.39, 0.29) is 6.54 Å². The van der Waals surface area contributed by atoms with Crippen LogP contribution in [-0.4, -0.2) is 17.7 Å². The summed E-state index contributed by atoms with van der Waals surface area (Å²) >= 11 is 0. The van der Waals surface area contributed by atoms with E-state index in [1.165, 1.54) is 12.1 Å².